The molecule has 6 heteroatoms. The first-order valence-corrected chi connectivity index (χ1v) is 8.04. The summed E-state index contributed by atoms with van der Waals surface area (Å²) in [5, 5.41) is 13.6. The van der Waals surface area contributed by atoms with Crippen molar-refractivity contribution in [2.45, 2.75) is 38.9 Å². The molecule has 20 heavy (non-hydrogen) atoms. The molecular weight excluding hydrogens is 322 g/mol. The van der Waals surface area contributed by atoms with Crippen LogP contribution in [0.1, 0.15) is 24.1 Å². The molecule has 0 amide bonds. The van der Waals surface area contributed by atoms with Gasteiger partial charge in [0.2, 0.25) is 0 Å². The van der Waals surface area contributed by atoms with Crippen LogP contribution in [0.2, 0.25) is 0 Å². The number of rotatable bonds is 2. The van der Waals surface area contributed by atoms with Crippen LogP contribution >= 0.6 is 15.9 Å². The highest BCUT2D eigenvalue weighted by Crippen LogP contribution is 2.58. The topological polar surface area (TPSA) is 58.4 Å². The summed E-state index contributed by atoms with van der Waals surface area (Å²) in [5.41, 5.74) is 2.54. The fraction of sp³-hybridized carbons (Fsp3) is 0.714. The van der Waals surface area contributed by atoms with E-state index in [1.54, 1.807) is 0 Å². The summed E-state index contributed by atoms with van der Waals surface area (Å²) in [5.74, 6) is 0.252. The highest BCUT2D eigenvalue weighted by atomic mass is 79.9. The maximum atomic E-state index is 11.0. The van der Waals surface area contributed by atoms with Gasteiger partial charge < -0.3 is 5.11 Å². The average molecular weight is 340 g/mol. The van der Waals surface area contributed by atoms with Gasteiger partial charge in [0.05, 0.1) is 18.2 Å². The molecule has 4 rings (SSSR count). The second-order valence-corrected chi connectivity index (χ2v) is 7.12. The minimum Gasteiger partial charge on any atom is -0.481 e. The number of nitrogens with zero attached hydrogens (tertiary/aromatic N) is 3. The zero-order valence-corrected chi connectivity index (χ0v) is 13.0. The van der Waals surface area contributed by atoms with Gasteiger partial charge in [-0.25, -0.2) is 0 Å². The van der Waals surface area contributed by atoms with Crippen molar-refractivity contribution in [2.75, 3.05) is 6.54 Å². The Morgan fingerprint density at radius 1 is 1.35 bits per heavy atom. The van der Waals surface area contributed by atoms with Crippen LogP contribution in [0, 0.1) is 24.7 Å². The van der Waals surface area contributed by atoms with Gasteiger partial charge in [-0.3, -0.25) is 14.4 Å². The molecule has 2 atom stereocenters. The predicted octanol–water partition coefficient (Wildman–Crippen LogP) is 1.88. The number of aromatic nitrogens is 2. The fourth-order valence-electron chi connectivity index (χ4n) is 4.22. The first kappa shape index (κ1) is 12.8. The molecule has 2 heterocycles. The number of aliphatic carboxylic acids is 1. The van der Waals surface area contributed by atoms with E-state index in [0.29, 0.717) is 17.9 Å². The Hall–Kier alpha value is -0.880. The lowest BCUT2D eigenvalue weighted by molar-refractivity contribution is -0.139. The zero-order valence-electron chi connectivity index (χ0n) is 11.4. The molecule has 1 aromatic heterocycles. The monoisotopic (exact) mass is 339 g/mol. The molecule has 2 aliphatic carbocycles. The predicted molar refractivity (Wildman–Crippen MR) is 76.2 cm³/mol. The Kier molecular flexibility index (Phi) is 2.76. The number of carboxylic acids is 1. The van der Waals surface area contributed by atoms with E-state index in [9.17, 15) is 4.79 Å². The second kappa shape index (κ2) is 4.31. The molecule has 1 N–H and O–H groups in total. The Bertz CT molecular complexity index is 573. The molecule has 0 bridgehead atoms. The molecular formula is C14H18BrN3O2. The summed E-state index contributed by atoms with van der Waals surface area (Å²) < 4.78 is 3.06. The first-order chi connectivity index (χ1) is 9.56. The molecule has 2 fully saturated rings. The van der Waals surface area contributed by atoms with Crippen molar-refractivity contribution in [1.82, 2.24) is 14.7 Å². The largest absolute Gasteiger partial charge is 0.481 e. The van der Waals surface area contributed by atoms with Gasteiger partial charge in [-0.2, -0.15) is 5.10 Å². The van der Waals surface area contributed by atoms with E-state index in [1.165, 1.54) is 11.3 Å². The van der Waals surface area contributed by atoms with E-state index < -0.39 is 5.97 Å². The van der Waals surface area contributed by atoms with Crippen LogP contribution < -0.4 is 0 Å². The molecule has 5 nitrogen and oxygen atoms in total. The molecule has 0 saturated heterocycles. The SMILES string of the molecule is Cc1c(Br)nn2c1CN(C1CC3C(C1)C3C(=O)O)CC2. The number of carbonyl (C=O) groups is 1. The fourth-order valence-corrected chi connectivity index (χ4v) is 4.64. The normalized spacial score (nSPS) is 35.7. The summed E-state index contributed by atoms with van der Waals surface area (Å²) in [6, 6.07) is 0.572. The highest BCUT2D eigenvalue weighted by Gasteiger charge is 2.60. The number of halogens is 1. The van der Waals surface area contributed by atoms with Crippen molar-refractivity contribution in [3.63, 3.8) is 0 Å². The molecule has 2 unspecified atom stereocenters. The van der Waals surface area contributed by atoms with Crippen LogP contribution in [0.25, 0.3) is 0 Å². The van der Waals surface area contributed by atoms with Gasteiger partial charge in [0.1, 0.15) is 4.60 Å². The van der Waals surface area contributed by atoms with E-state index >= 15 is 0 Å². The molecule has 0 aromatic carbocycles. The van der Waals surface area contributed by atoms with Gasteiger partial charge in [0, 0.05) is 24.7 Å². The lowest BCUT2D eigenvalue weighted by atomic mass is 10.0. The molecule has 1 aromatic rings. The van der Waals surface area contributed by atoms with Gasteiger partial charge in [0.15, 0.2) is 0 Å². The van der Waals surface area contributed by atoms with Gasteiger partial charge in [-0.15, -0.1) is 0 Å². The number of hydrogen-bond donors (Lipinski definition) is 1. The van der Waals surface area contributed by atoms with Crippen LogP contribution in [0.15, 0.2) is 4.60 Å². The van der Waals surface area contributed by atoms with Crippen molar-refractivity contribution >= 4 is 21.9 Å². The van der Waals surface area contributed by atoms with Crippen molar-refractivity contribution in [3.8, 4) is 0 Å². The summed E-state index contributed by atoms with van der Waals surface area (Å²) in [6.45, 7) is 5.03. The quantitative estimate of drug-likeness (QED) is 0.893. The van der Waals surface area contributed by atoms with Crippen LogP contribution in [0.4, 0.5) is 0 Å². The Balaban J connectivity index is 1.46. The summed E-state index contributed by atoms with van der Waals surface area (Å²) in [7, 11) is 0. The third-order valence-electron chi connectivity index (χ3n) is 5.44. The molecule has 1 aliphatic heterocycles. The van der Waals surface area contributed by atoms with E-state index in [4.69, 9.17) is 5.11 Å². The molecule has 2 saturated carbocycles. The van der Waals surface area contributed by atoms with Crippen LogP contribution in [0.5, 0.6) is 0 Å². The zero-order chi connectivity index (χ0) is 14.0. The standard InChI is InChI=1S/C14H18BrN3O2/c1-7-11-6-17(2-3-18(11)16-13(7)15)8-4-9-10(5-8)12(9)14(19)20/h8-10,12H,2-6H2,1H3,(H,19,20). The number of hydrogen-bond acceptors (Lipinski definition) is 3. The highest BCUT2D eigenvalue weighted by molar-refractivity contribution is 9.10. The lowest BCUT2D eigenvalue weighted by Crippen LogP contribution is -2.41. The molecule has 0 spiro atoms. The van der Waals surface area contributed by atoms with E-state index in [1.807, 2.05) is 0 Å². The third kappa shape index (κ3) is 1.77. The first-order valence-electron chi connectivity index (χ1n) is 7.25. The van der Waals surface area contributed by atoms with E-state index in [0.717, 1.165) is 37.1 Å². The lowest BCUT2D eigenvalue weighted by Gasteiger charge is -2.34. The van der Waals surface area contributed by atoms with Crippen molar-refractivity contribution < 1.29 is 9.90 Å². The van der Waals surface area contributed by atoms with Gasteiger partial charge >= 0.3 is 5.97 Å². The minimum atomic E-state index is -0.588. The van der Waals surface area contributed by atoms with Crippen molar-refractivity contribution in [2.24, 2.45) is 17.8 Å². The Morgan fingerprint density at radius 2 is 2.05 bits per heavy atom. The van der Waals surface area contributed by atoms with Gasteiger partial charge in [-0.05, 0) is 47.5 Å². The smallest absolute Gasteiger partial charge is 0.307 e. The van der Waals surface area contributed by atoms with Crippen LogP contribution in [0.3, 0.4) is 0 Å². The van der Waals surface area contributed by atoms with Crippen LogP contribution in [-0.2, 0) is 17.9 Å². The summed E-state index contributed by atoms with van der Waals surface area (Å²) in [6.07, 6.45) is 2.13. The van der Waals surface area contributed by atoms with Gasteiger partial charge in [0.25, 0.3) is 0 Å². The van der Waals surface area contributed by atoms with Crippen LogP contribution in [-0.4, -0.2) is 38.3 Å². The maximum absolute atomic E-state index is 11.0. The Morgan fingerprint density at radius 3 is 2.70 bits per heavy atom. The Labute approximate surface area is 126 Å². The number of carboxylic acid groups (broad SMARTS) is 1. The van der Waals surface area contributed by atoms with Crippen molar-refractivity contribution in [1.29, 1.82) is 0 Å². The van der Waals surface area contributed by atoms with E-state index in [-0.39, 0.29) is 5.92 Å². The summed E-state index contributed by atoms with van der Waals surface area (Å²) >= 11 is 3.50. The second-order valence-electron chi connectivity index (χ2n) is 6.37. The molecule has 0 radical (unpaired) electrons. The molecule has 108 valence electrons. The van der Waals surface area contributed by atoms with Gasteiger partial charge in [-0.1, -0.05) is 0 Å². The third-order valence-corrected chi connectivity index (χ3v) is 6.19. The molecule has 3 aliphatic rings. The number of fused-ring (bicyclic) bond motifs is 2. The minimum absolute atomic E-state index is 0.0440. The average Bonchev–Trinajstić information content (AvgIpc) is 2.79. The summed E-state index contributed by atoms with van der Waals surface area (Å²) in [4.78, 5) is 13.6. The maximum Gasteiger partial charge on any atom is 0.307 e. The van der Waals surface area contributed by atoms with Crippen molar-refractivity contribution in [3.05, 3.63) is 15.9 Å². The van der Waals surface area contributed by atoms with E-state index in [2.05, 4.69) is 37.5 Å².